The highest BCUT2D eigenvalue weighted by Crippen LogP contribution is 2.45. The zero-order chi connectivity index (χ0) is 10.3. The van der Waals surface area contributed by atoms with Crippen LogP contribution in [0.25, 0.3) is 0 Å². The van der Waals surface area contributed by atoms with Gasteiger partial charge in [-0.25, -0.2) is 0 Å². The van der Waals surface area contributed by atoms with Crippen LogP contribution in [0.15, 0.2) is 33.9 Å². The molecule has 3 rings (SSSR count). The predicted molar refractivity (Wildman–Crippen MR) is 66.2 cm³/mol. The molecule has 0 aliphatic carbocycles. The monoisotopic (exact) mass is 283 g/mol. The van der Waals surface area contributed by atoms with Crippen molar-refractivity contribution in [2.24, 2.45) is 11.1 Å². The van der Waals surface area contributed by atoms with Crippen molar-refractivity contribution in [2.75, 3.05) is 12.4 Å². The molecule has 1 fully saturated rings. The van der Waals surface area contributed by atoms with Crippen LogP contribution in [0.4, 0.5) is 0 Å². The number of nitrogens with zero attached hydrogens (tertiary/aromatic N) is 1. The van der Waals surface area contributed by atoms with E-state index in [2.05, 4.69) is 39.3 Å². The molecule has 2 atom stereocenters. The molecule has 2 aliphatic heterocycles. The molecular formula is C11H10BrNOS. The van der Waals surface area contributed by atoms with Crippen molar-refractivity contribution in [1.29, 1.82) is 0 Å². The maximum Gasteiger partial charge on any atom is 0.126 e. The summed E-state index contributed by atoms with van der Waals surface area (Å²) in [6.07, 6.45) is 0. The van der Waals surface area contributed by atoms with Crippen LogP contribution in [0.3, 0.4) is 0 Å². The van der Waals surface area contributed by atoms with E-state index in [9.17, 15) is 0 Å². The lowest BCUT2D eigenvalue weighted by atomic mass is 10.00. The van der Waals surface area contributed by atoms with Crippen molar-refractivity contribution in [3.05, 3.63) is 34.3 Å². The smallest absolute Gasteiger partial charge is 0.126 e. The first-order valence-electron chi connectivity index (χ1n) is 4.92. The summed E-state index contributed by atoms with van der Waals surface area (Å²) in [6.45, 7) is 0.767. The van der Waals surface area contributed by atoms with Crippen LogP contribution in [0.1, 0.15) is 10.8 Å². The Morgan fingerprint density at radius 1 is 1.40 bits per heavy atom. The average Bonchev–Trinajstić information content (AvgIpc) is 2.80. The number of hydrogen-bond donors (Lipinski definition) is 0. The normalized spacial score (nSPS) is 28.5. The van der Waals surface area contributed by atoms with Crippen molar-refractivity contribution in [3.63, 3.8) is 0 Å². The van der Waals surface area contributed by atoms with Gasteiger partial charge in [-0.2, -0.15) is 0 Å². The van der Waals surface area contributed by atoms with E-state index >= 15 is 0 Å². The molecule has 2 aliphatic rings. The minimum atomic E-state index is 0.382. The highest BCUT2D eigenvalue weighted by Gasteiger charge is 2.38. The third-order valence-electron chi connectivity index (χ3n) is 2.78. The van der Waals surface area contributed by atoms with Gasteiger partial charge in [0.2, 0.25) is 0 Å². The van der Waals surface area contributed by atoms with E-state index in [0.717, 1.165) is 16.8 Å². The van der Waals surface area contributed by atoms with Crippen molar-refractivity contribution >= 4 is 33.4 Å². The fourth-order valence-electron chi connectivity index (χ4n) is 1.99. The Kier molecular flexibility index (Phi) is 2.48. The van der Waals surface area contributed by atoms with Crippen molar-refractivity contribution in [2.45, 2.75) is 5.25 Å². The van der Waals surface area contributed by atoms with Gasteiger partial charge in [-0.1, -0.05) is 39.3 Å². The predicted octanol–water partition coefficient (Wildman–Crippen LogP) is 3.24. The molecule has 1 aromatic rings. The molecule has 0 N–H and O–H groups in total. The summed E-state index contributed by atoms with van der Waals surface area (Å²) in [5.74, 6) is 1.66. The van der Waals surface area contributed by atoms with E-state index in [4.69, 9.17) is 4.84 Å². The van der Waals surface area contributed by atoms with Gasteiger partial charge < -0.3 is 4.84 Å². The number of thioether (sulfide) groups is 1. The van der Waals surface area contributed by atoms with Crippen LogP contribution in [-0.2, 0) is 4.84 Å². The lowest BCUT2D eigenvalue weighted by Crippen LogP contribution is -2.12. The molecule has 2 nitrogen and oxygen atoms in total. The van der Waals surface area contributed by atoms with Crippen LogP contribution in [0.5, 0.6) is 0 Å². The summed E-state index contributed by atoms with van der Waals surface area (Å²) in [4.78, 5) is 5.16. The van der Waals surface area contributed by atoms with Crippen molar-refractivity contribution < 1.29 is 4.84 Å². The van der Waals surface area contributed by atoms with Gasteiger partial charge in [0, 0.05) is 16.1 Å². The van der Waals surface area contributed by atoms with Crippen LogP contribution in [0, 0.1) is 5.92 Å². The minimum Gasteiger partial charge on any atom is -0.395 e. The molecule has 0 spiro atoms. The van der Waals surface area contributed by atoms with Crippen molar-refractivity contribution in [3.8, 4) is 0 Å². The maximum absolute atomic E-state index is 5.16. The Morgan fingerprint density at radius 2 is 2.27 bits per heavy atom. The van der Waals surface area contributed by atoms with E-state index in [1.165, 1.54) is 11.3 Å². The van der Waals surface area contributed by atoms with Crippen LogP contribution in [0.2, 0.25) is 0 Å². The summed E-state index contributed by atoms with van der Waals surface area (Å²) < 4.78 is 1.16. The quantitative estimate of drug-likeness (QED) is 0.789. The Hall–Kier alpha value is -0.480. The summed E-state index contributed by atoms with van der Waals surface area (Å²) in [7, 11) is 0. The molecule has 0 amide bonds. The summed E-state index contributed by atoms with van der Waals surface area (Å²) in [6, 6.07) is 8.35. The summed E-state index contributed by atoms with van der Waals surface area (Å²) in [5, 5.41) is 4.55. The molecule has 0 bridgehead atoms. The van der Waals surface area contributed by atoms with Crippen LogP contribution < -0.4 is 0 Å². The molecule has 1 aromatic carbocycles. The Bertz CT molecular complexity index is 421. The molecule has 15 heavy (non-hydrogen) atoms. The molecule has 0 saturated carbocycles. The lowest BCUT2D eigenvalue weighted by molar-refractivity contribution is 0.158. The molecule has 0 radical (unpaired) electrons. The largest absolute Gasteiger partial charge is 0.395 e. The summed E-state index contributed by atoms with van der Waals surface area (Å²) in [5.41, 5.74) is 2.53. The van der Waals surface area contributed by atoms with Gasteiger partial charge in [0.25, 0.3) is 0 Å². The van der Waals surface area contributed by atoms with Crippen molar-refractivity contribution in [1.82, 2.24) is 0 Å². The van der Waals surface area contributed by atoms with Crippen LogP contribution >= 0.6 is 27.7 Å². The fourth-order valence-corrected chi connectivity index (χ4v) is 4.14. The number of oxime groups is 1. The second-order valence-corrected chi connectivity index (χ2v) is 5.74. The molecule has 78 valence electrons. The average molecular weight is 284 g/mol. The second-order valence-electron chi connectivity index (χ2n) is 3.74. The fraction of sp³-hybridized carbons (Fsp3) is 0.364. The topological polar surface area (TPSA) is 21.6 Å². The molecule has 4 heteroatoms. The highest BCUT2D eigenvalue weighted by molar-refractivity contribution is 9.10. The van der Waals surface area contributed by atoms with E-state index < -0.39 is 0 Å². The first kappa shape index (κ1) is 9.73. The van der Waals surface area contributed by atoms with Gasteiger partial charge >= 0.3 is 0 Å². The molecule has 0 aromatic heterocycles. The van der Waals surface area contributed by atoms with Gasteiger partial charge in [0.15, 0.2) is 0 Å². The Balaban J connectivity index is 1.98. The number of rotatable bonds is 1. The SMILES string of the molecule is Brc1ccccc1C1SCC2CON=C21. The zero-order valence-electron chi connectivity index (χ0n) is 8.02. The standard InChI is InChI=1S/C11H10BrNOS/c12-9-4-2-1-3-8(9)11-10-7(6-15-11)5-14-13-10/h1-4,7,11H,5-6H2. The summed E-state index contributed by atoms with van der Waals surface area (Å²) >= 11 is 5.56. The second kappa shape index (κ2) is 3.83. The highest BCUT2D eigenvalue weighted by atomic mass is 79.9. The third kappa shape index (κ3) is 1.60. The van der Waals surface area contributed by atoms with Gasteiger partial charge in [-0.15, -0.1) is 11.8 Å². The first-order valence-corrected chi connectivity index (χ1v) is 6.76. The Morgan fingerprint density at radius 3 is 3.13 bits per heavy atom. The zero-order valence-corrected chi connectivity index (χ0v) is 10.4. The van der Waals surface area contributed by atoms with Crippen LogP contribution in [-0.4, -0.2) is 18.1 Å². The molecule has 2 unspecified atom stereocenters. The number of benzene rings is 1. The lowest BCUT2D eigenvalue weighted by Gasteiger charge is -2.11. The molecular weight excluding hydrogens is 274 g/mol. The van der Waals surface area contributed by atoms with Gasteiger partial charge in [0.1, 0.15) is 6.61 Å². The number of hydrogen-bond acceptors (Lipinski definition) is 3. The number of fused-ring (bicyclic) bond motifs is 1. The maximum atomic E-state index is 5.16. The van der Waals surface area contributed by atoms with E-state index in [1.54, 1.807) is 0 Å². The first-order chi connectivity index (χ1) is 7.36. The van der Waals surface area contributed by atoms with Gasteiger partial charge in [-0.3, -0.25) is 0 Å². The molecule has 2 heterocycles. The Labute approximate surface area is 101 Å². The van der Waals surface area contributed by atoms with E-state index in [0.29, 0.717) is 11.2 Å². The number of halogens is 1. The van der Waals surface area contributed by atoms with Gasteiger partial charge in [-0.05, 0) is 11.6 Å². The molecule has 1 saturated heterocycles. The van der Waals surface area contributed by atoms with E-state index in [1.807, 2.05) is 17.8 Å². The minimum absolute atomic E-state index is 0.382. The van der Waals surface area contributed by atoms with Gasteiger partial charge in [0.05, 0.1) is 11.0 Å². The third-order valence-corrected chi connectivity index (χ3v) is 4.93. The van der Waals surface area contributed by atoms with E-state index in [-0.39, 0.29) is 0 Å².